The van der Waals surface area contributed by atoms with E-state index in [0.29, 0.717) is 5.69 Å². The average molecular weight is 350 g/mol. The summed E-state index contributed by atoms with van der Waals surface area (Å²) in [4.78, 5) is 13.4. The quantitative estimate of drug-likeness (QED) is 0.763. The maximum atomic E-state index is 5.85. The first-order valence-corrected chi connectivity index (χ1v) is 8.64. The average Bonchev–Trinajstić information content (AvgIpc) is 3.14. The Morgan fingerprint density at radius 2 is 1.85 bits per heavy atom. The fraction of sp³-hybridized carbons (Fsp3) is 0.333. The molecule has 4 rings (SSSR count). The van der Waals surface area contributed by atoms with Gasteiger partial charge in [-0.05, 0) is 26.1 Å². The van der Waals surface area contributed by atoms with E-state index in [0.717, 1.165) is 54.5 Å². The van der Waals surface area contributed by atoms with Crippen molar-refractivity contribution in [3.63, 3.8) is 0 Å². The molecular weight excluding hydrogens is 328 g/mol. The Hall–Kier alpha value is -3.00. The number of aromatic nitrogens is 5. The van der Waals surface area contributed by atoms with E-state index < -0.39 is 0 Å². The molecule has 0 saturated carbocycles. The minimum absolute atomic E-state index is 0.599. The molecule has 0 amide bonds. The smallest absolute Gasteiger partial charge is 0.115 e. The van der Waals surface area contributed by atoms with Crippen molar-refractivity contribution < 1.29 is 0 Å². The molecule has 134 valence electrons. The molecule has 3 aromatic rings. The fourth-order valence-electron chi connectivity index (χ4n) is 3.09. The maximum Gasteiger partial charge on any atom is 0.115 e. The van der Waals surface area contributed by atoms with Crippen LogP contribution < -0.4 is 10.6 Å². The number of nitrogens with zero attached hydrogens (tertiary/aromatic N) is 7. The van der Waals surface area contributed by atoms with Crippen molar-refractivity contribution >= 4 is 11.4 Å². The number of pyridine rings is 2. The summed E-state index contributed by atoms with van der Waals surface area (Å²) in [5.74, 6) is 0. The van der Waals surface area contributed by atoms with Gasteiger partial charge in [0.1, 0.15) is 5.69 Å². The predicted molar refractivity (Wildman–Crippen MR) is 101 cm³/mol. The number of aryl methyl sites for hydroxylation is 1. The molecule has 4 heterocycles. The molecule has 8 heteroatoms. The highest BCUT2D eigenvalue weighted by molar-refractivity contribution is 5.64. The SMILES string of the molecule is Cc1ncc(N)cc1-n1cc(-c2cncc(N3CCN(C)CC3)c2)nn1. The molecule has 2 N–H and O–H groups in total. The third-order valence-corrected chi connectivity index (χ3v) is 4.71. The number of likely N-dealkylation sites (N-methyl/N-ethyl adjacent to an activating group) is 1. The number of rotatable bonds is 3. The van der Waals surface area contributed by atoms with Gasteiger partial charge in [0.05, 0.1) is 41.3 Å². The Morgan fingerprint density at radius 1 is 1.04 bits per heavy atom. The van der Waals surface area contributed by atoms with Gasteiger partial charge in [-0.2, -0.15) is 0 Å². The number of hydrogen-bond acceptors (Lipinski definition) is 7. The van der Waals surface area contributed by atoms with Gasteiger partial charge in [0.15, 0.2) is 0 Å². The number of anilines is 2. The van der Waals surface area contributed by atoms with E-state index >= 15 is 0 Å². The van der Waals surface area contributed by atoms with Crippen LogP contribution in [0, 0.1) is 6.92 Å². The molecule has 0 radical (unpaired) electrons. The molecule has 0 atom stereocenters. The summed E-state index contributed by atoms with van der Waals surface area (Å²) in [6.45, 7) is 6.04. The lowest BCUT2D eigenvalue weighted by Gasteiger charge is -2.33. The lowest BCUT2D eigenvalue weighted by Crippen LogP contribution is -2.44. The van der Waals surface area contributed by atoms with Crippen LogP contribution in [0.25, 0.3) is 16.9 Å². The fourth-order valence-corrected chi connectivity index (χ4v) is 3.09. The van der Waals surface area contributed by atoms with Gasteiger partial charge in [-0.3, -0.25) is 9.97 Å². The second-order valence-electron chi connectivity index (χ2n) is 6.64. The highest BCUT2D eigenvalue weighted by atomic mass is 15.4. The maximum absolute atomic E-state index is 5.85. The van der Waals surface area contributed by atoms with E-state index in [-0.39, 0.29) is 0 Å². The molecule has 0 aromatic carbocycles. The molecule has 0 bridgehead atoms. The summed E-state index contributed by atoms with van der Waals surface area (Å²) >= 11 is 0. The van der Waals surface area contributed by atoms with Crippen molar-refractivity contribution in [1.29, 1.82) is 0 Å². The second-order valence-corrected chi connectivity index (χ2v) is 6.64. The van der Waals surface area contributed by atoms with Gasteiger partial charge >= 0.3 is 0 Å². The van der Waals surface area contributed by atoms with Gasteiger partial charge in [-0.15, -0.1) is 5.10 Å². The number of hydrogen-bond donors (Lipinski definition) is 1. The van der Waals surface area contributed by atoms with Gasteiger partial charge in [0, 0.05) is 37.9 Å². The summed E-state index contributed by atoms with van der Waals surface area (Å²) in [5, 5.41) is 8.55. The van der Waals surface area contributed by atoms with Crippen molar-refractivity contribution in [2.24, 2.45) is 0 Å². The zero-order valence-electron chi connectivity index (χ0n) is 15.0. The zero-order chi connectivity index (χ0) is 18.1. The van der Waals surface area contributed by atoms with Crippen molar-refractivity contribution in [3.8, 4) is 16.9 Å². The first kappa shape index (κ1) is 16.5. The van der Waals surface area contributed by atoms with Gasteiger partial charge in [-0.25, -0.2) is 4.68 Å². The van der Waals surface area contributed by atoms with Gasteiger partial charge in [-0.1, -0.05) is 5.21 Å². The minimum atomic E-state index is 0.599. The summed E-state index contributed by atoms with van der Waals surface area (Å²) < 4.78 is 1.70. The summed E-state index contributed by atoms with van der Waals surface area (Å²) in [6, 6.07) is 3.97. The molecule has 26 heavy (non-hydrogen) atoms. The van der Waals surface area contributed by atoms with Crippen molar-refractivity contribution in [2.75, 3.05) is 43.9 Å². The zero-order valence-corrected chi connectivity index (χ0v) is 15.0. The Labute approximate surface area is 152 Å². The van der Waals surface area contributed by atoms with E-state index in [1.807, 2.05) is 31.6 Å². The highest BCUT2D eigenvalue weighted by Crippen LogP contribution is 2.24. The van der Waals surface area contributed by atoms with E-state index in [1.165, 1.54) is 0 Å². The summed E-state index contributed by atoms with van der Waals surface area (Å²) in [5.41, 5.74) is 11.0. The second kappa shape index (κ2) is 6.72. The van der Waals surface area contributed by atoms with E-state index in [9.17, 15) is 0 Å². The number of nitrogen functional groups attached to an aromatic ring is 1. The number of piperazine rings is 1. The highest BCUT2D eigenvalue weighted by Gasteiger charge is 2.16. The van der Waals surface area contributed by atoms with E-state index in [4.69, 9.17) is 5.73 Å². The lowest BCUT2D eigenvalue weighted by molar-refractivity contribution is 0.313. The van der Waals surface area contributed by atoms with Crippen LogP contribution in [0.5, 0.6) is 0 Å². The van der Waals surface area contributed by atoms with Crippen molar-refractivity contribution in [2.45, 2.75) is 6.92 Å². The predicted octanol–water partition coefficient (Wildman–Crippen LogP) is 1.37. The normalized spacial score (nSPS) is 15.4. The molecule has 1 aliphatic rings. The van der Waals surface area contributed by atoms with E-state index in [2.05, 4.69) is 43.2 Å². The first-order chi connectivity index (χ1) is 12.6. The third kappa shape index (κ3) is 3.23. The topological polar surface area (TPSA) is 89.0 Å². The van der Waals surface area contributed by atoms with E-state index in [1.54, 1.807) is 10.9 Å². The Kier molecular flexibility index (Phi) is 4.26. The van der Waals surface area contributed by atoms with Gasteiger partial charge < -0.3 is 15.5 Å². The number of nitrogens with two attached hydrogens (primary N) is 1. The van der Waals surface area contributed by atoms with Gasteiger partial charge in [0.25, 0.3) is 0 Å². The first-order valence-electron chi connectivity index (χ1n) is 8.64. The van der Waals surface area contributed by atoms with Crippen LogP contribution in [0.15, 0.2) is 36.9 Å². The van der Waals surface area contributed by atoms with Crippen LogP contribution in [0.4, 0.5) is 11.4 Å². The molecule has 1 aliphatic heterocycles. The van der Waals surface area contributed by atoms with Crippen LogP contribution in [-0.2, 0) is 0 Å². The largest absolute Gasteiger partial charge is 0.397 e. The molecule has 1 saturated heterocycles. The molecule has 0 unspecified atom stereocenters. The minimum Gasteiger partial charge on any atom is -0.397 e. The summed E-state index contributed by atoms with van der Waals surface area (Å²) in [6.07, 6.45) is 7.25. The third-order valence-electron chi connectivity index (χ3n) is 4.71. The molecule has 8 nitrogen and oxygen atoms in total. The Morgan fingerprint density at radius 3 is 2.65 bits per heavy atom. The molecule has 0 aliphatic carbocycles. The van der Waals surface area contributed by atoms with Crippen LogP contribution in [-0.4, -0.2) is 63.1 Å². The van der Waals surface area contributed by atoms with Crippen LogP contribution in [0.2, 0.25) is 0 Å². The van der Waals surface area contributed by atoms with Crippen LogP contribution in [0.1, 0.15) is 5.69 Å². The van der Waals surface area contributed by atoms with Gasteiger partial charge in [0.2, 0.25) is 0 Å². The van der Waals surface area contributed by atoms with Crippen molar-refractivity contribution in [1.82, 2.24) is 29.9 Å². The molecule has 1 fully saturated rings. The Balaban J connectivity index is 1.62. The monoisotopic (exact) mass is 350 g/mol. The van der Waals surface area contributed by atoms with Crippen molar-refractivity contribution in [3.05, 3.63) is 42.6 Å². The molecular formula is C18H22N8. The molecule has 3 aromatic heterocycles. The Bertz CT molecular complexity index is 911. The van der Waals surface area contributed by atoms with Crippen LogP contribution in [0.3, 0.4) is 0 Å². The summed E-state index contributed by atoms with van der Waals surface area (Å²) in [7, 11) is 2.15. The van der Waals surface area contributed by atoms with Crippen LogP contribution >= 0.6 is 0 Å². The standard InChI is InChI=1S/C18H22N8/c1-13-18(8-15(19)10-21-13)26-12-17(22-23-26)14-7-16(11-20-9-14)25-5-3-24(2)4-6-25/h7-12H,3-6,19H2,1-2H3. The lowest BCUT2D eigenvalue weighted by atomic mass is 10.2. The molecule has 0 spiro atoms.